The maximum absolute atomic E-state index is 12.5. The molecule has 134 valence electrons. The zero-order chi connectivity index (χ0) is 18.5. The van der Waals surface area contributed by atoms with Crippen LogP contribution in [0.5, 0.6) is 0 Å². The van der Waals surface area contributed by atoms with Crippen molar-refractivity contribution in [1.82, 2.24) is 0 Å². The molecule has 1 atom stereocenters. The number of rotatable bonds is 5. The van der Waals surface area contributed by atoms with Gasteiger partial charge in [0.1, 0.15) is 5.92 Å². The molecule has 0 fully saturated rings. The number of benzene rings is 2. The first kappa shape index (κ1) is 18.3. The van der Waals surface area contributed by atoms with Gasteiger partial charge in [0.05, 0.1) is 11.4 Å². The van der Waals surface area contributed by atoms with Crippen molar-refractivity contribution in [2.24, 2.45) is 21.2 Å². The number of anilines is 1. The van der Waals surface area contributed by atoms with E-state index in [-0.39, 0.29) is 5.91 Å². The number of unbranched alkanes of at least 4 members (excludes halogenated alkanes) is 1. The van der Waals surface area contributed by atoms with Crippen LogP contribution in [0.3, 0.4) is 0 Å². The third kappa shape index (κ3) is 4.17. The zero-order valence-corrected chi connectivity index (χ0v) is 15.6. The van der Waals surface area contributed by atoms with Crippen LogP contribution in [0.2, 0.25) is 5.02 Å². The Hall–Kier alpha value is -2.53. The molecule has 0 aromatic heterocycles. The van der Waals surface area contributed by atoms with E-state index in [2.05, 4.69) is 34.4 Å². The Labute approximate surface area is 158 Å². The summed E-state index contributed by atoms with van der Waals surface area (Å²) in [6, 6.07) is 15.0. The Morgan fingerprint density at radius 2 is 1.92 bits per heavy atom. The summed E-state index contributed by atoms with van der Waals surface area (Å²) in [6.07, 6.45) is 3.42. The van der Waals surface area contributed by atoms with Gasteiger partial charge in [-0.1, -0.05) is 43.1 Å². The first-order chi connectivity index (χ1) is 12.6. The minimum Gasteiger partial charge on any atom is -0.272 e. The topological polar surface area (TPSA) is 57.4 Å². The van der Waals surface area contributed by atoms with E-state index in [1.54, 1.807) is 31.2 Å². The van der Waals surface area contributed by atoms with Crippen LogP contribution in [0, 0.1) is 5.92 Å². The van der Waals surface area contributed by atoms with E-state index in [4.69, 9.17) is 11.6 Å². The molecule has 0 N–H and O–H groups in total. The van der Waals surface area contributed by atoms with Crippen molar-refractivity contribution in [2.45, 2.75) is 33.1 Å². The Kier molecular flexibility index (Phi) is 5.78. The number of amides is 1. The van der Waals surface area contributed by atoms with Gasteiger partial charge in [0.25, 0.3) is 5.91 Å². The predicted octanol–water partition coefficient (Wildman–Crippen LogP) is 5.76. The van der Waals surface area contributed by atoms with Gasteiger partial charge < -0.3 is 0 Å². The van der Waals surface area contributed by atoms with Crippen LogP contribution < -0.4 is 5.01 Å². The SMILES string of the molecule is CCCCc1ccc(N=NC2=NN(c3cccc(Cl)c3)C(=O)C2C)cc1. The van der Waals surface area contributed by atoms with Crippen LogP contribution in [-0.2, 0) is 11.2 Å². The molecule has 0 bridgehead atoms. The molecule has 0 aliphatic carbocycles. The van der Waals surface area contributed by atoms with Crippen molar-refractivity contribution in [3.63, 3.8) is 0 Å². The van der Waals surface area contributed by atoms with Crippen LogP contribution in [0.4, 0.5) is 11.4 Å². The largest absolute Gasteiger partial charge is 0.272 e. The van der Waals surface area contributed by atoms with Crippen molar-refractivity contribution >= 4 is 34.7 Å². The van der Waals surface area contributed by atoms with Gasteiger partial charge in [-0.25, -0.2) is 0 Å². The average Bonchev–Trinajstić information content (AvgIpc) is 2.94. The monoisotopic (exact) mass is 368 g/mol. The number of halogens is 1. The molecule has 0 spiro atoms. The summed E-state index contributed by atoms with van der Waals surface area (Å²) in [5.74, 6) is -0.192. The fraction of sp³-hybridized carbons (Fsp3) is 0.300. The molecule has 6 heteroatoms. The van der Waals surface area contributed by atoms with Gasteiger partial charge in [-0.05, 0) is 55.7 Å². The van der Waals surface area contributed by atoms with E-state index in [1.807, 2.05) is 12.1 Å². The maximum Gasteiger partial charge on any atom is 0.258 e. The molecule has 1 aliphatic rings. The van der Waals surface area contributed by atoms with Gasteiger partial charge in [0.15, 0.2) is 5.84 Å². The molecule has 5 nitrogen and oxygen atoms in total. The summed E-state index contributed by atoms with van der Waals surface area (Å²) in [7, 11) is 0. The molecule has 1 aliphatic heterocycles. The fourth-order valence-electron chi connectivity index (χ4n) is 2.65. The summed E-state index contributed by atoms with van der Waals surface area (Å²) < 4.78 is 0. The molecule has 1 amide bonds. The first-order valence-electron chi connectivity index (χ1n) is 8.77. The summed E-state index contributed by atoms with van der Waals surface area (Å²) >= 11 is 6.00. The summed E-state index contributed by atoms with van der Waals surface area (Å²) in [4.78, 5) is 12.5. The van der Waals surface area contributed by atoms with Crippen molar-refractivity contribution in [1.29, 1.82) is 0 Å². The third-order valence-corrected chi connectivity index (χ3v) is 4.48. The number of aryl methyl sites for hydroxylation is 1. The molecule has 0 saturated carbocycles. The second-order valence-electron chi connectivity index (χ2n) is 6.28. The van der Waals surface area contributed by atoms with E-state index in [9.17, 15) is 4.79 Å². The Bertz CT molecular complexity index is 845. The minimum absolute atomic E-state index is 0.142. The first-order valence-corrected chi connectivity index (χ1v) is 9.15. The lowest BCUT2D eigenvalue weighted by Gasteiger charge is -2.12. The quantitative estimate of drug-likeness (QED) is 0.618. The van der Waals surface area contributed by atoms with Crippen molar-refractivity contribution in [2.75, 3.05) is 5.01 Å². The number of nitrogens with zero attached hydrogens (tertiary/aromatic N) is 4. The molecule has 3 rings (SSSR count). The molecule has 0 saturated heterocycles. The lowest BCUT2D eigenvalue weighted by atomic mass is 10.1. The number of hydrogen-bond donors (Lipinski definition) is 0. The number of carbonyl (C=O) groups is 1. The van der Waals surface area contributed by atoms with Crippen LogP contribution in [0.25, 0.3) is 0 Å². The molecular formula is C20H21ClN4O. The van der Waals surface area contributed by atoms with E-state index >= 15 is 0 Å². The second kappa shape index (κ2) is 8.23. The van der Waals surface area contributed by atoms with E-state index in [0.717, 1.165) is 12.1 Å². The highest BCUT2D eigenvalue weighted by Crippen LogP contribution is 2.27. The fourth-order valence-corrected chi connectivity index (χ4v) is 2.84. The Morgan fingerprint density at radius 3 is 2.62 bits per heavy atom. The molecular weight excluding hydrogens is 348 g/mol. The average molecular weight is 369 g/mol. The van der Waals surface area contributed by atoms with Crippen molar-refractivity contribution < 1.29 is 4.79 Å². The lowest BCUT2D eigenvalue weighted by molar-refractivity contribution is -0.119. The van der Waals surface area contributed by atoms with Crippen LogP contribution in [-0.4, -0.2) is 11.7 Å². The van der Waals surface area contributed by atoms with Gasteiger partial charge in [-0.2, -0.15) is 5.01 Å². The van der Waals surface area contributed by atoms with Gasteiger partial charge in [-0.3, -0.25) is 4.79 Å². The van der Waals surface area contributed by atoms with E-state index in [1.165, 1.54) is 23.4 Å². The molecule has 1 heterocycles. The van der Waals surface area contributed by atoms with Gasteiger partial charge in [0.2, 0.25) is 0 Å². The smallest absolute Gasteiger partial charge is 0.258 e. The molecule has 0 radical (unpaired) electrons. The number of amidine groups is 1. The summed E-state index contributed by atoms with van der Waals surface area (Å²) in [5, 5.41) is 14.6. The van der Waals surface area contributed by atoms with Gasteiger partial charge in [-0.15, -0.1) is 15.3 Å². The minimum atomic E-state index is -0.443. The number of azo groups is 1. The zero-order valence-electron chi connectivity index (χ0n) is 14.9. The lowest BCUT2D eigenvalue weighted by Crippen LogP contribution is -2.25. The van der Waals surface area contributed by atoms with Crippen LogP contribution in [0.15, 0.2) is 63.9 Å². The van der Waals surface area contributed by atoms with Crippen LogP contribution >= 0.6 is 11.6 Å². The standard InChI is InChI=1S/C20H21ClN4O/c1-3-4-6-15-9-11-17(12-10-15)22-23-19-14(2)20(26)25(24-19)18-8-5-7-16(21)13-18/h5,7-14H,3-4,6H2,1-2H3. The van der Waals surface area contributed by atoms with Gasteiger partial charge in [0, 0.05) is 5.02 Å². The highest BCUT2D eigenvalue weighted by Gasteiger charge is 2.33. The molecule has 2 aromatic carbocycles. The summed E-state index contributed by atoms with van der Waals surface area (Å²) in [5.41, 5.74) is 2.66. The van der Waals surface area contributed by atoms with E-state index in [0.29, 0.717) is 16.5 Å². The van der Waals surface area contributed by atoms with Crippen LogP contribution in [0.1, 0.15) is 32.3 Å². The highest BCUT2D eigenvalue weighted by molar-refractivity contribution is 6.31. The van der Waals surface area contributed by atoms with Crippen molar-refractivity contribution in [3.8, 4) is 0 Å². The number of carbonyl (C=O) groups excluding carboxylic acids is 1. The number of hydrazone groups is 1. The predicted molar refractivity (Wildman–Crippen MR) is 105 cm³/mol. The molecule has 26 heavy (non-hydrogen) atoms. The third-order valence-electron chi connectivity index (χ3n) is 4.24. The number of hydrogen-bond acceptors (Lipinski definition) is 4. The van der Waals surface area contributed by atoms with E-state index < -0.39 is 5.92 Å². The van der Waals surface area contributed by atoms with Gasteiger partial charge >= 0.3 is 0 Å². The summed E-state index contributed by atoms with van der Waals surface area (Å²) in [6.45, 7) is 3.96. The maximum atomic E-state index is 12.5. The Balaban J connectivity index is 1.75. The molecule has 2 aromatic rings. The molecule has 1 unspecified atom stereocenters. The van der Waals surface area contributed by atoms with Crippen molar-refractivity contribution in [3.05, 3.63) is 59.1 Å². The Morgan fingerprint density at radius 1 is 1.15 bits per heavy atom. The normalized spacial score (nSPS) is 17.2. The highest BCUT2D eigenvalue weighted by atomic mass is 35.5. The second-order valence-corrected chi connectivity index (χ2v) is 6.72.